The molecule has 2 heteroatoms. The summed E-state index contributed by atoms with van der Waals surface area (Å²) in [6.07, 6.45) is 4.89. The minimum atomic E-state index is 0.759. The summed E-state index contributed by atoms with van der Waals surface area (Å²) in [5.41, 5.74) is 0.759. The van der Waals surface area contributed by atoms with E-state index in [1.165, 1.54) is 6.34 Å². The van der Waals surface area contributed by atoms with Crippen LogP contribution in [0.1, 0.15) is 0 Å². The second-order valence-electron chi connectivity index (χ2n) is 1.20. The Labute approximate surface area is 42.3 Å². The van der Waals surface area contributed by atoms with Gasteiger partial charge in [0, 0.05) is 0 Å². The van der Waals surface area contributed by atoms with Gasteiger partial charge in [-0.25, -0.2) is 0 Å². The van der Waals surface area contributed by atoms with Crippen molar-refractivity contribution in [3.63, 3.8) is 0 Å². The smallest absolute Gasteiger partial charge is 0.0496 e. The average Bonchev–Trinajstić information content (AvgIpc) is 1.69. The third-order valence-corrected chi connectivity index (χ3v) is 0.643. The molecule has 0 fully saturated rings. The first-order valence-electron chi connectivity index (χ1n) is 1.97. The molecule has 0 saturated carbocycles. The van der Waals surface area contributed by atoms with Crippen molar-refractivity contribution in [3.05, 3.63) is 29.9 Å². The Balaban J connectivity index is 2.66. The zero-order valence-corrected chi connectivity index (χ0v) is 3.83. The first kappa shape index (κ1) is 4.12. The lowest BCUT2D eigenvalue weighted by Gasteiger charge is -2.07. The van der Waals surface area contributed by atoms with E-state index in [-0.39, 0.29) is 0 Å². The van der Waals surface area contributed by atoms with E-state index >= 15 is 0 Å². The molecule has 0 aliphatic carbocycles. The van der Waals surface area contributed by atoms with E-state index in [1.54, 1.807) is 12.3 Å². The van der Waals surface area contributed by atoms with Crippen LogP contribution in [0.15, 0.2) is 29.5 Å². The number of nitrogens with zero attached hydrogens (tertiary/aromatic N) is 2. The number of rotatable bonds is 0. The van der Waals surface area contributed by atoms with E-state index in [9.17, 15) is 0 Å². The second kappa shape index (κ2) is 1.60. The number of hydrogen-bond donors (Lipinski definition) is 0. The van der Waals surface area contributed by atoms with Crippen LogP contribution in [0.3, 0.4) is 0 Å². The monoisotopic (exact) mass is 93.0 g/mol. The fourth-order valence-electron chi connectivity index (χ4n) is 0.318. The average molecular weight is 93.1 g/mol. The predicted molar refractivity (Wildman–Crippen MR) is 30.1 cm³/mol. The third kappa shape index (κ3) is 0.892. The van der Waals surface area contributed by atoms with Gasteiger partial charge in [0.05, 0.1) is 0 Å². The van der Waals surface area contributed by atoms with Crippen LogP contribution >= 0.6 is 0 Å². The van der Waals surface area contributed by atoms with Crippen LogP contribution < -0.4 is 0 Å². The maximum absolute atomic E-state index is 3.76. The largest absolute Gasteiger partial charge is 0.449 e. The van der Waals surface area contributed by atoms with E-state index in [4.69, 9.17) is 0 Å². The Morgan fingerprint density at radius 3 is 2.86 bits per heavy atom. The summed E-state index contributed by atoms with van der Waals surface area (Å²) in [4.78, 5) is 3.76. The van der Waals surface area contributed by atoms with Crippen LogP contribution in [-0.2, 0) is 0 Å². The zero-order valence-electron chi connectivity index (χ0n) is 3.83. The van der Waals surface area contributed by atoms with Gasteiger partial charge in [-0.2, -0.15) is 0 Å². The lowest BCUT2D eigenvalue weighted by molar-refractivity contribution is 1.42. The Morgan fingerprint density at radius 2 is 2.57 bits per heavy atom. The van der Waals surface area contributed by atoms with Crippen LogP contribution in [0.2, 0.25) is 0 Å². The molecule has 0 saturated heterocycles. The summed E-state index contributed by atoms with van der Waals surface area (Å²) < 4.78 is 0. The molecule has 0 aromatic carbocycles. The Morgan fingerprint density at radius 1 is 1.71 bits per heavy atom. The maximum atomic E-state index is 3.76. The van der Waals surface area contributed by atoms with E-state index in [0.29, 0.717) is 0 Å². The lowest BCUT2D eigenvalue weighted by atomic mass is 10.5. The highest BCUT2D eigenvalue weighted by Gasteiger charge is 1.71. The predicted octanol–water partition coefficient (Wildman–Crippen LogP) is 1.43. The first-order valence-corrected chi connectivity index (χ1v) is 1.97. The minimum Gasteiger partial charge on any atom is -0.449 e. The van der Waals surface area contributed by atoms with E-state index in [1.807, 2.05) is 0 Å². The van der Waals surface area contributed by atoms with Crippen molar-refractivity contribution < 1.29 is 0 Å². The van der Waals surface area contributed by atoms with Gasteiger partial charge in [-0.1, -0.05) is 25.2 Å². The van der Waals surface area contributed by atoms with Gasteiger partial charge >= 0.3 is 0 Å². The Bertz CT molecular complexity index is 119. The summed E-state index contributed by atoms with van der Waals surface area (Å²) >= 11 is 0. The number of aliphatic imine (C=N–C) groups is 1. The lowest BCUT2D eigenvalue weighted by Crippen LogP contribution is -1.76. The van der Waals surface area contributed by atoms with Crippen molar-refractivity contribution in [2.75, 3.05) is 0 Å². The SMILES string of the molecule is C=C1C=C[N-]C=N1. The van der Waals surface area contributed by atoms with Gasteiger partial charge in [-0.05, 0) is 5.70 Å². The van der Waals surface area contributed by atoms with Crippen molar-refractivity contribution in [3.8, 4) is 0 Å². The molecule has 1 aliphatic rings. The molecular formula is C5H5N2-. The van der Waals surface area contributed by atoms with Gasteiger partial charge < -0.3 is 10.3 Å². The normalized spacial score (nSPS) is 16.9. The first-order chi connectivity index (χ1) is 3.39. The molecule has 0 radical (unpaired) electrons. The molecule has 36 valence electrons. The van der Waals surface area contributed by atoms with Gasteiger partial charge in [-0.15, -0.1) is 0 Å². The fourth-order valence-corrected chi connectivity index (χ4v) is 0.318. The van der Waals surface area contributed by atoms with Gasteiger partial charge in [0.2, 0.25) is 0 Å². The number of hydrogen-bond acceptors (Lipinski definition) is 1. The Hall–Kier alpha value is -1.05. The summed E-state index contributed by atoms with van der Waals surface area (Å²) in [7, 11) is 0. The van der Waals surface area contributed by atoms with Gasteiger partial charge in [0.25, 0.3) is 0 Å². The molecule has 2 nitrogen and oxygen atoms in total. The van der Waals surface area contributed by atoms with Crippen molar-refractivity contribution in [2.24, 2.45) is 4.99 Å². The molecule has 0 N–H and O–H groups in total. The highest BCUT2D eigenvalue weighted by atomic mass is 14.9. The molecule has 0 amide bonds. The van der Waals surface area contributed by atoms with E-state index in [2.05, 4.69) is 16.9 Å². The van der Waals surface area contributed by atoms with Crippen LogP contribution in [0, 0.1) is 0 Å². The molecule has 0 aromatic heterocycles. The maximum Gasteiger partial charge on any atom is -0.0496 e. The molecule has 0 spiro atoms. The van der Waals surface area contributed by atoms with Gasteiger partial charge in [0.15, 0.2) is 0 Å². The number of allylic oxidation sites excluding steroid dienone is 1. The molecular weight excluding hydrogens is 88.1 g/mol. The highest BCUT2D eigenvalue weighted by molar-refractivity contribution is 5.76. The molecule has 1 aliphatic heterocycles. The second-order valence-corrected chi connectivity index (χ2v) is 1.20. The third-order valence-electron chi connectivity index (χ3n) is 0.643. The van der Waals surface area contributed by atoms with Gasteiger partial charge in [-0.3, -0.25) is 0 Å². The fraction of sp³-hybridized carbons (Fsp3) is 0. The molecule has 0 unspecified atom stereocenters. The summed E-state index contributed by atoms with van der Waals surface area (Å²) in [5.74, 6) is 0. The van der Waals surface area contributed by atoms with Crippen molar-refractivity contribution in [1.29, 1.82) is 0 Å². The quantitative estimate of drug-likeness (QED) is 0.433. The van der Waals surface area contributed by atoms with Crippen LogP contribution in [0.5, 0.6) is 0 Å². The molecule has 1 rings (SSSR count). The molecule has 1 heterocycles. The van der Waals surface area contributed by atoms with Gasteiger partial charge in [0.1, 0.15) is 0 Å². The molecule has 0 atom stereocenters. The van der Waals surface area contributed by atoms with Crippen LogP contribution in [0.4, 0.5) is 0 Å². The standard InChI is InChI=1S/C5H5N2/c1-5-2-3-6-4-7-5/h2-4H,1H2/q-1. The van der Waals surface area contributed by atoms with Crippen molar-refractivity contribution in [2.45, 2.75) is 0 Å². The molecule has 0 aromatic rings. The van der Waals surface area contributed by atoms with Crippen LogP contribution in [0.25, 0.3) is 5.32 Å². The topological polar surface area (TPSA) is 26.5 Å². The Kier molecular flexibility index (Phi) is 0.941. The molecule has 0 bridgehead atoms. The van der Waals surface area contributed by atoms with E-state index in [0.717, 1.165) is 5.70 Å². The highest BCUT2D eigenvalue weighted by Crippen LogP contribution is 2.01. The van der Waals surface area contributed by atoms with Crippen molar-refractivity contribution >= 4 is 6.34 Å². The summed E-state index contributed by atoms with van der Waals surface area (Å²) in [6.45, 7) is 3.57. The summed E-state index contributed by atoms with van der Waals surface area (Å²) in [5, 5.41) is 3.69. The summed E-state index contributed by atoms with van der Waals surface area (Å²) in [6, 6.07) is 0. The van der Waals surface area contributed by atoms with E-state index < -0.39 is 0 Å². The van der Waals surface area contributed by atoms with Crippen LogP contribution in [-0.4, -0.2) is 6.34 Å². The van der Waals surface area contributed by atoms with Crippen molar-refractivity contribution in [1.82, 2.24) is 0 Å². The molecule has 7 heavy (non-hydrogen) atoms. The minimum absolute atomic E-state index is 0.759. The zero-order chi connectivity index (χ0) is 5.11.